The third-order valence-electron chi connectivity index (χ3n) is 23.0. The Labute approximate surface area is 759 Å². The number of hydrogen-bond acceptors (Lipinski definition) is 23. The maximum atomic E-state index is 15.6. The van der Waals surface area contributed by atoms with E-state index in [0.29, 0.717) is 45.8 Å². The Morgan fingerprint density at radius 3 is 1.65 bits per heavy atom. The number of nitrogens with zero attached hydrogens (tertiary/aromatic N) is 5. The standard InChI is InChI=1S/C86H120N22O20S2/c1-9-10-22-66-85(128)105(7)47(5)72(115)96-55(21-15-30-92-86(90)91)75(118)103-63(74(117)94-40-70(89)113)43-129-44-71(114)95-59(34-48-26-28-51(110)29-27-48)81(124)104(6)46(4)73(116)99-61(38-69(88)112)84(127)108-32-17-24-65(108)80(123)98-57(37-68(87)111)77(120)100-58(33-45(2)3)83(126)107-31-16-23-64(107)79(122)97-56(35-49-39-93-54-20-13-11-18-52(49)54)76(119)102-62(41-109)78(121)101-60(82(125)106(66)8)36-50-42-130-67-25-14-12-19-53(50)67/h11-14,18-20,25-29,39,42,45-47,55-66,93,109-110H,9-10,15-17,21-24,30-38,40-41,43-44H2,1-8H3,(H2,87,111)(H2,88,112)(H2,89,113)(H,94,117)(H,95,114)(H,96,115)(H,97,122)(H,98,123)(H,99,116)(H,100,120)(H,101,121)(H,102,119)(H,103,118)(H4,90,91,92)/t46-,47-,55-,56-,57-,58-,59-,60-,61+,62-,63-,64-,65-,66-/m0/s1. The van der Waals surface area contributed by atoms with Crippen LogP contribution in [-0.4, -0.2) is 302 Å². The van der Waals surface area contributed by atoms with Gasteiger partial charge in [-0.2, -0.15) is 0 Å². The number of phenolic OH excluding ortho intramolecular Hbond substituents is 1. The minimum absolute atomic E-state index is 0.00653. The molecule has 0 spiro atoms. The highest BCUT2D eigenvalue weighted by atomic mass is 32.2. The summed E-state index contributed by atoms with van der Waals surface area (Å²) in [6.45, 7) is 5.86. The summed E-state index contributed by atoms with van der Waals surface area (Å²) in [6, 6.07) is -2.12. The van der Waals surface area contributed by atoms with Gasteiger partial charge < -0.3 is 121 Å². The van der Waals surface area contributed by atoms with Crippen LogP contribution in [0, 0.1) is 11.3 Å². The fourth-order valence-corrected chi connectivity index (χ4v) is 17.4. The number of fused-ring (bicyclic) bond motifs is 4. The Kier molecular flexibility index (Phi) is 38.1. The first-order valence-corrected chi connectivity index (χ1v) is 45.0. The zero-order valence-electron chi connectivity index (χ0n) is 73.9. The largest absolute Gasteiger partial charge is 0.508 e. The molecule has 0 radical (unpaired) electrons. The molecule has 3 aliphatic rings. The highest BCUT2D eigenvalue weighted by molar-refractivity contribution is 8.00. The summed E-state index contributed by atoms with van der Waals surface area (Å²) in [6.07, 6.45) is 0.0219. The van der Waals surface area contributed by atoms with Gasteiger partial charge in [-0.05, 0) is 123 Å². The van der Waals surface area contributed by atoms with Crippen LogP contribution in [0.5, 0.6) is 5.75 Å². The Balaban J connectivity index is 1.17. The SMILES string of the molecule is CCCC[C@H]1C(=O)N(C)[C@@H](C)C(=O)N[C@@H](CCCNC(=N)N)C(=O)N[C@H](C(=O)NCC(N)=O)CSCC(=O)N[C@@H](Cc2ccc(O)cc2)C(=O)N(C)[C@@H](C)C(=O)N[C@H](CC(N)=O)C(=O)N2CCC[C@H]2C(=O)N[C@@H](CC(N)=O)C(=O)N[C@@H](CC(C)C)C(=O)N2CCC[C@H]2C(=O)N[C@@H](Cc2c[nH]c3ccccc23)C(=O)N[C@@H](CO)C(=O)N[C@@H](Cc2csc3ccccc23)C(=O)N1C. The van der Waals surface area contributed by atoms with Crippen molar-refractivity contribution in [3.8, 4) is 5.75 Å². The lowest BCUT2D eigenvalue weighted by Gasteiger charge is -2.35. The first-order valence-electron chi connectivity index (χ1n) is 43.0. The Morgan fingerprint density at radius 2 is 1.05 bits per heavy atom. The number of rotatable bonds is 23. The number of phenols is 1. The molecule has 8 rings (SSSR count). The van der Waals surface area contributed by atoms with Gasteiger partial charge in [0.15, 0.2) is 5.96 Å². The summed E-state index contributed by atoms with van der Waals surface area (Å²) >= 11 is 2.09. The van der Waals surface area contributed by atoms with E-state index in [-0.39, 0.29) is 102 Å². The zero-order chi connectivity index (χ0) is 95.5. The topological polar surface area (TPSA) is 640 Å². The van der Waals surface area contributed by atoms with Crippen molar-refractivity contribution in [1.29, 1.82) is 5.41 Å². The van der Waals surface area contributed by atoms with E-state index in [2.05, 4.69) is 63.5 Å². The molecule has 3 aromatic carbocycles. The number of H-pyrrole nitrogens is 1. The molecule has 23 N–H and O–H groups in total. The molecule has 706 valence electrons. The number of amides is 18. The smallest absolute Gasteiger partial charge is 0.246 e. The number of primary amides is 3. The Hall–Kier alpha value is -13.0. The second-order valence-corrected chi connectivity index (χ2v) is 35.0. The number of likely N-dealkylation sites (N-methyl/N-ethyl adjacent to an activating group) is 3. The molecule has 44 heteroatoms. The molecule has 3 aliphatic heterocycles. The van der Waals surface area contributed by atoms with Crippen molar-refractivity contribution in [3.63, 3.8) is 0 Å². The van der Waals surface area contributed by atoms with Crippen molar-refractivity contribution in [1.82, 2.24) is 88.0 Å². The molecule has 5 aromatic rings. The van der Waals surface area contributed by atoms with Gasteiger partial charge in [-0.15, -0.1) is 23.1 Å². The van der Waals surface area contributed by atoms with E-state index >= 15 is 28.8 Å². The lowest BCUT2D eigenvalue weighted by Crippen LogP contribution is -2.61. The molecule has 0 saturated carbocycles. The third kappa shape index (κ3) is 28.5. The van der Waals surface area contributed by atoms with Crippen molar-refractivity contribution < 1.29 is 96.5 Å². The maximum absolute atomic E-state index is 15.6. The van der Waals surface area contributed by atoms with Crippen molar-refractivity contribution >= 4 is 156 Å². The van der Waals surface area contributed by atoms with Crippen molar-refractivity contribution in [2.24, 2.45) is 28.9 Å². The average molecular weight is 1850 g/mol. The number of nitrogens with one attached hydrogen (secondary N) is 13. The fourth-order valence-electron chi connectivity index (χ4n) is 15.6. The number of benzene rings is 3. The first-order chi connectivity index (χ1) is 61.7. The molecule has 14 atom stereocenters. The highest BCUT2D eigenvalue weighted by Crippen LogP contribution is 2.30. The number of aromatic amines is 1. The molecule has 3 fully saturated rings. The van der Waals surface area contributed by atoms with Crippen molar-refractivity contribution in [2.45, 2.75) is 216 Å². The molecule has 0 unspecified atom stereocenters. The molecule has 2 aromatic heterocycles. The van der Waals surface area contributed by atoms with Crippen LogP contribution in [0.25, 0.3) is 21.0 Å². The average Bonchev–Trinajstić information content (AvgIpc) is 1.54. The monoisotopic (exact) mass is 1840 g/mol. The number of aromatic hydroxyl groups is 1. The van der Waals surface area contributed by atoms with Gasteiger partial charge >= 0.3 is 0 Å². The van der Waals surface area contributed by atoms with E-state index in [1.165, 1.54) is 75.5 Å². The van der Waals surface area contributed by atoms with Crippen LogP contribution >= 0.6 is 23.1 Å². The molecule has 0 aliphatic carbocycles. The molecule has 5 heterocycles. The molecule has 0 bridgehead atoms. The number of aromatic nitrogens is 1. The Bertz CT molecular complexity index is 4970. The highest BCUT2D eigenvalue weighted by Gasteiger charge is 2.45. The summed E-state index contributed by atoms with van der Waals surface area (Å²) in [4.78, 5) is 268. The van der Waals surface area contributed by atoms with Crippen LogP contribution in [0.15, 0.2) is 84.4 Å². The zero-order valence-corrected chi connectivity index (χ0v) is 75.5. The second kappa shape index (κ2) is 48.4. The number of carbonyl (C=O) groups is 18. The van der Waals surface area contributed by atoms with E-state index in [4.69, 9.17) is 28.3 Å². The molecular formula is C86H120N22O20S2. The number of carbonyl (C=O) groups excluding carboxylic acids is 18. The van der Waals surface area contributed by atoms with Gasteiger partial charge in [0, 0.05) is 87.6 Å². The molecular weight excluding hydrogens is 1730 g/mol. The van der Waals surface area contributed by atoms with Gasteiger partial charge in [-0.1, -0.05) is 82.1 Å². The van der Waals surface area contributed by atoms with Crippen LogP contribution in [-0.2, 0) is 106 Å². The van der Waals surface area contributed by atoms with Crippen LogP contribution in [0.2, 0.25) is 0 Å². The number of aliphatic hydroxyl groups is 1. The normalized spacial score (nSPS) is 24.6. The minimum Gasteiger partial charge on any atom is -0.508 e. The fraction of sp³-hybridized carbons (Fsp3) is 0.523. The predicted molar refractivity (Wildman–Crippen MR) is 480 cm³/mol. The van der Waals surface area contributed by atoms with Gasteiger partial charge in [-0.3, -0.25) is 91.7 Å². The predicted octanol–water partition coefficient (Wildman–Crippen LogP) is -3.43. The van der Waals surface area contributed by atoms with E-state index < -0.39 is 234 Å². The Morgan fingerprint density at radius 1 is 0.531 bits per heavy atom. The quantitative estimate of drug-likeness (QED) is 0.0172. The van der Waals surface area contributed by atoms with Gasteiger partial charge in [0.25, 0.3) is 0 Å². The summed E-state index contributed by atoms with van der Waals surface area (Å²) in [5, 5.41) is 60.7. The first kappa shape index (κ1) is 102. The van der Waals surface area contributed by atoms with E-state index in [1.54, 1.807) is 55.8 Å². The third-order valence-corrected chi connectivity index (χ3v) is 25.0. The number of nitrogens with two attached hydrogens (primary N) is 4. The van der Waals surface area contributed by atoms with E-state index in [1.807, 2.05) is 25.1 Å². The summed E-state index contributed by atoms with van der Waals surface area (Å²) in [5.74, 6) is -19.4. The van der Waals surface area contributed by atoms with Gasteiger partial charge in [0.05, 0.1) is 31.7 Å². The number of aliphatic hydroxyl groups excluding tert-OH is 1. The number of hydrogen-bond donors (Lipinski definition) is 19. The van der Waals surface area contributed by atoms with Gasteiger partial charge in [-0.25, -0.2) is 0 Å². The van der Waals surface area contributed by atoms with Gasteiger partial charge in [0.2, 0.25) is 106 Å². The lowest BCUT2D eigenvalue weighted by atomic mass is 10.0. The number of para-hydroxylation sites is 1. The molecule has 3 saturated heterocycles. The van der Waals surface area contributed by atoms with Crippen LogP contribution in [0.1, 0.15) is 128 Å². The van der Waals surface area contributed by atoms with Crippen LogP contribution < -0.4 is 81.4 Å². The summed E-state index contributed by atoms with van der Waals surface area (Å²) in [7, 11) is 3.81. The summed E-state index contributed by atoms with van der Waals surface area (Å²) in [5.41, 5.74) is 24.5. The number of guanidine groups is 1. The molecule has 18 amide bonds. The molecule has 42 nitrogen and oxygen atoms in total. The molecule has 130 heavy (non-hydrogen) atoms. The van der Waals surface area contributed by atoms with Crippen molar-refractivity contribution in [3.05, 3.63) is 101 Å². The maximum Gasteiger partial charge on any atom is 0.246 e. The minimum atomic E-state index is -1.86. The van der Waals surface area contributed by atoms with E-state index in [9.17, 15) is 67.7 Å². The number of thiophene rings is 1. The second-order valence-electron chi connectivity index (χ2n) is 33.1. The van der Waals surface area contributed by atoms with Crippen LogP contribution in [0.4, 0.5) is 0 Å². The van der Waals surface area contributed by atoms with E-state index in [0.717, 1.165) is 36.1 Å². The number of unbranched alkanes of at least 4 members (excludes halogenated alkanes) is 1. The lowest BCUT2D eigenvalue weighted by molar-refractivity contribution is -0.149. The number of thioether (sulfide) groups is 1. The van der Waals surface area contributed by atoms with Gasteiger partial charge in [0.1, 0.15) is 90.3 Å². The summed E-state index contributed by atoms with van der Waals surface area (Å²) < 4.78 is 0.812. The van der Waals surface area contributed by atoms with Crippen LogP contribution in [0.3, 0.4) is 0 Å². The van der Waals surface area contributed by atoms with Crippen molar-refractivity contribution in [2.75, 3.05) is 65.4 Å².